The Labute approximate surface area is 254 Å². The molecular weight excluding hydrogens is 563 g/mol. The zero-order chi connectivity index (χ0) is 29.6. The molecule has 3 heterocycles. The van der Waals surface area contributed by atoms with Crippen molar-refractivity contribution in [2.24, 2.45) is 0 Å². The normalized spacial score (nSPS) is 12.5. The monoisotopic (exact) mass is 595 g/mol. The Kier molecular flexibility index (Phi) is 9.19. The van der Waals surface area contributed by atoms with Gasteiger partial charge in [0.15, 0.2) is 10.3 Å². The van der Waals surface area contributed by atoms with Gasteiger partial charge in [-0.25, -0.2) is 15.0 Å². The van der Waals surface area contributed by atoms with E-state index in [0.29, 0.717) is 22.1 Å². The minimum atomic E-state index is -0.435. The van der Waals surface area contributed by atoms with E-state index in [1.54, 1.807) is 18.2 Å². The van der Waals surface area contributed by atoms with Crippen LogP contribution in [0.5, 0.6) is 0 Å². The lowest BCUT2D eigenvalue weighted by Gasteiger charge is -2.09. The molecule has 5 aromatic rings. The standard InChI is InChI=1S/C33H33N5O2S2/c1-5-20(3)22-10-14-24(15-11-22)28-18-41-32(35-28)37-30(39)26-8-7-9-27(34-26)31(40)38-33-36-29(19-42-33)25-16-12-23(13-17-25)21(4)6-2/h7-21H,5-6H2,1-4H3,(H,35,37,39)(H,36,38,40). The average molecular weight is 596 g/mol. The summed E-state index contributed by atoms with van der Waals surface area (Å²) in [6.07, 6.45) is 2.17. The number of hydrogen-bond acceptors (Lipinski definition) is 7. The van der Waals surface area contributed by atoms with Gasteiger partial charge < -0.3 is 0 Å². The number of benzene rings is 2. The molecule has 2 unspecified atom stereocenters. The minimum Gasteiger partial charge on any atom is -0.296 e. The van der Waals surface area contributed by atoms with Crippen LogP contribution in [-0.4, -0.2) is 26.8 Å². The van der Waals surface area contributed by atoms with Gasteiger partial charge in [-0.1, -0.05) is 82.3 Å². The van der Waals surface area contributed by atoms with Gasteiger partial charge >= 0.3 is 0 Å². The minimum absolute atomic E-state index is 0.124. The highest BCUT2D eigenvalue weighted by molar-refractivity contribution is 7.14. The molecule has 9 heteroatoms. The number of aromatic nitrogens is 3. The maximum atomic E-state index is 12.9. The van der Waals surface area contributed by atoms with E-state index in [1.165, 1.54) is 33.8 Å². The third-order valence-corrected chi connectivity index (χ3v) is 8.95. The van der Waals surface area contributed by atoms with Crippen LogP contribution >= 0.6 is 22.7 Å². The summed E-state index contributed by atoms with van der Waals surface area (Å²) in [5, 5.41) is 10.4. The van der Waals surface area contributed by atoms with Crippen molar-refractivity contribution in [3.8, 4) is 22.5 Å². The highest BCUT2D eigenvalue weighted by Crippen LogP contribution is 2.29. The summed E-state index contributed by atoms with van der Waals surface area (Å²) in [6, 6.07) is 21.5. The molecular formula is C33H33N5O2S2. The van der Waals surface area contributed by atoms with Gasteiger partial charge in [-0.3, -0.25) is 20.2 Å². The van der Waals surface area contributed by atoms with Gasteiger partial charge in [0.1, 0.15) is 11.4 Å². The number of anilines is 2. The molecule has 2 aromatic carbocycles. The van der Waals surface area contributed by atoms with Crippen molar-refractivity contribution in [1.82, 2.24) is 15.0 Å². The molecule has 3 aromatic heterocycles. The zero-order valence-corrected chi connectivity index (χ0v) is 25.7. The quantitative estimate of drug-likeness (QED) is 0.168. The molecule has 0 spiro atoms. The Morgan fingerprint density at radius 2 is 1.05 bits per heavy atom. The first-order valence-electron chi connectivity index (χ1n) is 14.1. The summed E-state index contributed by atoms with van der Waals surface area (Å²) in [5.74, 6) is 0.141. The third kappa shape index (κ3) is 6.80. The SMILES string of the molecule is CCC(C)c1ccc(-c2csc(NC(=O)c3cccc(C(=O)Nc4nc(-c5ccc(C(C)CC)cc5)cs4)n3)n2)cc1. The maximum absolute atomic E-state index is 12.9. The molecule has 0 bridgehead atoms. The molecule has 7 nitrogen and oxygen atoms in total. The van der Waals surface area contributed by atoms with Crippen molar-refractivity contribution >= 4 is 44.8 Å². The van der Waals surface area contributed by atoms with E-state index < -0.39 is 11.8 Å². The van der Waals surface area contributed by atoms with Gasteiger partial charge in [-0.05, 0) is 47.9 Å². The van der Waals surface area contributed by atoms with Gasteiger partial charge in [0, 0.05) is 21.9 Å². The van der Waals surface area contributed by atoms with Gasteiger partial charge in [0.05, 0.1) is 11.4 Å². The van der Waals surface area contributed by atoms with Crippen LogP contribution in [0.1, 0.15) is 84.5 Å². The predicted molar refractivity (Wildman–Crippen MR) is 173 cm³/mol. The Balaban J connectivity index is 1.21. The van der Waals surface area contributed by atoms with Crippen LogP contribution in [0.2, 0.25) is 0 Å². The maximum Gasteiger partial charge on any atom is 0.276 e. The van der Waals surface area contributed by atoms with Crippen molar-refractivity contribution in [3.05, 3.63) is 100 Å². The molecule has 0 fully saturated rings. The van der Waals surface area contributed by atoms with E-state index >= 15 is 0 Å². The second-order valence-corrected chi connectivity index (χ2v) is 12.0. The molecule has 2 atom stereocenters. The number of carbonyl (C=O) groups is 2. The molecule has 0 aliphatic carbocycles. The number of thiazole rings is 2. The highest BCUT2D eigenvalue weighted by atomic mass is 32.1. The molecule has 2 N–H and O–H groups in total. The summed E-state index contributed by atoms with van der Waals surface area (Å²) < 4.78 is 0. The van der Waals surface area contributed by atoms with E-state index in [1.807, 2.05) is 10.8 Å². The van der Waals surface area contributed by atoms with Gasteiger partial charge in [-0.2, -0.15) is 0 Å². The van der Waals surface area contributed by atoms with Crippen LogP contribution in [0.3, 0.4) is 0 Å². The third-order valence-electron chi connectivity index (χ3n) is 7.44. The number of rotatable bonds is 10. The Bertz CT molecular complexity index is 1550. The summed E-state index contributed by atoms with van der Waals surface area (Å²) in [4.78, 5) is 39.3. The van der Waals surface area contributed by atoms with Crippen LogP contribution in [0.25, 0.3) is 22.5 Å². The van der Waals surface area contributed by atoms with Crippen LogP contribution in [0, 0.1) is 0 Å². The lowest BCUT2D eigenvalue weighted by Crippen LogP contribution is -2.18. The van der Waals surface area contributed by atoms with Gasteiger partial charge in [-0.15, -0.1) is 22.7 Å². The van der Waals surface area contributed by atoms with Crippen molar-refractivity contribution in [2.45, 2.75) is 52.4 Å². The van der Waals surface area contributed by atoms with E-state index in [-0.39, 0.29) is 11.4 Å². The van der Waals surface area contributed by atoms with Crippen molar-refractivity contribution < 1.29 is 9.59 Å². The fourth-order valence-electron chi connectivity index (χ4n) is 4.37. The zero-order valence-electron chi connectivity index (χ0n) is 24.0. The topological polar surface area (TPSA) is 96.9 Å². The van der Waals surface area contributed by atoms with E-state index in [4.69, 9.17) is 0 Å². The highest BCUT2D eigenvalue weighted by Gasteiger charge is 2.16. The number of amides is 2. The van der Waals surface area contributed by atoms with Crippen LogP contribution in [0.4, 0.5) is 10.3 Å². The predicted octanol–water partition coefficient (Wildman–Crippen LogP) is 8.86. The van der Waals surface area contributed by atoms with Gasteiger partial charge in [0.2, 0.25) is 0 Å². The lowest BCUT2D eigenvalue weighted by molar-refractivity contribution is 0.101. The molecule has 0 radical (unpaired) electrons. The fourth-order valence-corrected chi connectivity index (χ4v) is 5.80. The first kappa shape index (κ1) is 29.3. The second kappa shape index (κ2) is 13.2. The van der Waals surface area contributed by atoms with E-state index in [0.717, 1.165) is 35.4 Å². The summed E-state index contributed by atoms with van der Waals surface area (Å²) in [6.45, 7) is 8.77. The summed E-state index contributed by atoms with van der Waals surface area (Å²) in [7, 11) is 0. The first-order chi connectivity index (χ1) is 20.3. The van der Waals surface area contributed by atoms with Crippen molar-refractivity contribution in [2.75, 3.05) is 10.6 Å². The summed E-state index contributed by atoms with van der Waals surface area (Å²) >= 11 is 2.68. The first-order valence-corrected chi connectivity index (χ1v) is 15.8. The van der Waals surface area contributed by atoms with Crippen molar-refractivity contribution in [3.63, 3.8) is 0 Å². The Morgan fingerprint density at radius 1 is 0.643 bits per heavy atom. The number of hydrogen-bond donors (Lipinski definition) is 2. The second-order valence-electron chi connectivity index (χ2n) is 10.3. The van der Waals surface area contributed by atoms with Crippen LogP contribution < -0.4 is 10.6 Å². The van der Waals surface area contributed by atoms with E-state index in [9.17, 15) is 9.59 Å². The Morgan fingerprint density at radius 3 is 1.43 bits per heavy atom. The molecule has 0 aliphatic rings. The molecule has 42 heavy (non-hydrogen) atoms. The molecule has 5 rings (SSSR count). The smallest absolute Gasteiger partial charge is 0.276 e. The number of carbonyl (C=O) groups excluding carboxylic acids is 2. The molecule has 0 saturated heterocycles. The fraction of sp³-hybridized carbons (Fsp3) is 0.242. The van der Waals surface area contributed by atoms with Gasteiger partial charge in [0.25, 0.3) is 11.8 Å². The van der Waals surface area contributed by atoms with E-state index in [2.05, 4.69) is 102 Å². The lowest BCUT2D eigenvalue weighted by atomic mass is 9.97. The average Bonchev–Trinajstić information content (AvgIpc) is 3.70. The van der Waals surface area contributed by atoms with Crippen LogP contribution in [-0.2, 0) is 0 Å². The van der Waals surface area contributed by atoms with Crippen molar-refractivity contribution in [1.29, 1.82) is 0 Å². The molecule has 0 aliphatic heterocycles. The summed E-state index contributed by atoms with van der Waals surface area (Å²) in [5.41, 5.74) is 6.40. The number of pyridine rings is 1. The molecule has 214 valence electrons. The molecule has 2 amide bonds. The molecule has 0 saturated carbocycles. The Hall–Kier alpha value is -4.21. The number of nitrogens with one attached hydrogen (secondary N) is 2. The number of nitrogens with zero attached hydrogens (tertiary/aromatic N) is 3. The van der Waals surface area contributed by atoms with Crippen LogP contribution in [0.15, 0.2) is 77.5 Å². The largest absolute Gasteiger partial charge is 0.296 e.